The monoisotopic (exact) mass is 566 g/mol. The largest absolute Gasteiger partial charge is 0.353 e. The molecule has 3 amide bonds. The number of aryl methyl sites for hydroxylation is 1. The molecule has 0 saturated carbocycles. The Morgan fingerprint density at radius 1 is 1.00 bits per heavy atom. The van der Waals surface area contributed by atoms with E-state index in [0.717, 1.165) is 5.56 Å². The Kier molecular flexibility index (Phi) is 7.88. The zero-order valence-corrected chi connectivity index (χ0v) is 22.9. The van der Waals surface area contributed by atoms with Crippen LogP contribution in [0.25, 0.3) is 0 Å². The molecule has 2 aliphatic heterocycles. The van der Waals surface area contributed by atoms with Crippen LogP contribution in [0.15, 0.2) is 66.9 Å². The number of piperidine rings is 1. The van der Waals surface area contributed by atoms with Crippen molar-refractivity contribution in [3.63, 3.8) is 0 Å². The lowest BCUT2D eigenvalue weighted by molar-refractivity contribution is -0.128. The van der Waals surface area contributed by atoms with Crippen molar-refractivity contribution in [1.82, 2.24) is 20.1 Å². The van der Waals surface area contributed by atoms with E-state index in [1.54, 1.807) is 52.4 Å². The lowest BCUT2D eigenvalue weighted by Gasteiger charge is -2.44. The van der Waals surface area contributed by atoms with E-state index in [1.165, 1.54) is 0 Å². The summed E-state index contributed by atoms with van der Waals surface area (Å²) >= 11 is 12.1. The van der Waals surface area contributed by atoms with Crippen molar-refractivity contribution in [3.8, 4) is 0 Å². The Balaban J connectivity index is 1.37. The van der Waals surface area contributed by atoms with Gasteiger partial charge in [-0.05, 0) is 48.9 Å². The van der Waals surface area contributed by atoms with Crippen molar-refractivity contribution in [2.75, 3.05) is 19.7 Å². The molecule has 10 heteroatoms. The van der Waals surface area contributed by atoms with Crippen LogP contribution in [0.3, 0.4) is 0 Å². The van der Waals surface area contributed by atoms with Crippen LogP contribution in [0.2, 0.25) is 10.0 Å². The second-order valence-electron chi connectivity index (χ2n) is 9.72. The molecule has 2 aromatic carbocycles. The predicted octanol–water partition coefficient (Wildman–Crippen LogP) is 4.49. The number of likely N-dealkylation sites (tertiary alicyclic amines) is 1. The van der Waals surface area contributed by atoms with Crippen molar-refractivity contribution in [2.24, 2.45) is 0 Å². The molecule has 3 heterocycles. The molecule has 1 aromatic heterocycles. The van der Waals surface area contributed by atoms with Crippen LogP contribution in [0.5, 0.6) is 0 Å². The number of benzene rings is 2. The fourth-order valence-electron chi connectivity index (χ4n) is 5.18. The fourth-order valence-corrected chi connectivity index (χ4v) is 5.48. The molecule has 202 valence electrons. The summed E-state index contributed by atoms with van der Waals surface area (Å²) in [6, 6.07) is 16.7. The molecule has 0 bridgehead atoms. The van der Waals surface area contributed by atoms with Crippen LogP contribution in [0, 0.1) is 6.92 Å². The smallest absolute Gasteiger partial charge is 0.257 e. The van der Waals surface area contributed by atoms with E-state index in [2.05, 4.69) is 10.3 Å². The summed E-state index contributed by atoms with van der Waals surface area (Å²) in [4.78, 5) is 48.1. The van der Waals surface area contributed by atoms with Crippen molar-refractivity contribution in [2.45, 2.75) is 38.1 Å². The number of nitrogens with one attached hydrogen (secondary N) is 1. The summed E-state index contributed by atoms with van der Waals surface area (Å²) in [7, 11) is 0. The average molecular weight is 567 g/mol. The lowest BCUT2D eigenvalue weighted by Crippen LogP contribution is -2.59. The lowest BCUT2D eigenvalue weighted by atomic mass is 9.95. The second-order valence-corrected chi connectivity index (χ2v) is 10.5. The number of pyridine rings is 1. The predicted molar refractivity (Wildman–Crippen MR) is 148 cm³/mol. The van der Waals surface area contributed by atoms with Gasteiger partial charge < -0.3 is 15.0 Å². The van der Waals surface area contributed by atoms with Crippen molar-refractivity contribution >= 4 is 40.9 Å². The molecule has 2 aliphatic rings. The molecule has 2 saturated heterocycles. The normalized spacial score (nSPS) is 18.3. The maximum Gasteiger partial charge on any atom is 0.257 e. The third kappa shape index (κ3) is 5.50. The molecule has 1 N–H and O–H groups in total. The van der Waals surface area contributed by atoms with Gasteiger partial charge in [-0.1, -0.05) is 47.5 Å². The molecular weight excluding hydrogens is 539 g/mol. The first-order valence-corrected chi connectivity index (χ1v) is 13.5. The van der Waals surface area contributed by atoms with Gasteiger partial charge in [-0.15, -0.1) is 0 Å². The molecule has 0 radical (unpaired) electrons. The number of amides is 3. The van der Waals surface area contributed by atoms with Crippen LogP contribution in [0.1, 0.15) is 44.8 Å². The molecule has 0 aliphatic carbocycles. The van der Waals surface area contributed by atoms with Crippen molar-refractivity contribution in [3.05, 3.63) is 99.3 Å². The molecule has 8 nitrogen and oxygen atoms in total. The van der Waals surface area contributed by atoms with Crippen LogP contribution in [-0.4, -0.2) is 64.0 Å². The van der Waals surface area contributed by atoms with Gasteiger partial charge in [0.15, 0.2) is 0 Å². The number of carbonyl (C=O) groups excluding carboxylic acids is 3. The summed E-state index contributed by atoms with van der Waals surface area (Å²) in [5.74, 6) is -0.760. The standard InChI is InChI=1S/C29H28Cl2N4O4/c1-19-6-2-3-8-22(19)28(38)35-25(26(36)33-17-21-7-4-5-13-32-21)18-39-29(35)11-14-34(15-12-29)27(37)20-9-10-23(30)24(31)16-20/h2-10,13,16,25H,11-12,14-15,17-18H2,1H3,(H,33,36). The summed E-state index contributed by atoms with van der Waals surface area (Å²) in [6.07, 6.45) is 2.39. The van der Waals surface area contributed by atoms with Gasteiger partial charge in [0.25, 0.3) is 11.8 Å². The maximum atomic E-state index is 14.0. The van der Waals surface area contributed by atoms with Gasteiger partial charge in [0.05, 0.1) is 28.9 Å². The molecule has 1 unspecified atom stereocenters. The third-order valence-electron chi connectivity index (χ3n) is 7.33. The molecular formula is C29H28Cl2N4O4. The Morgan fingerprint density at radius 3 is 2.44 bits per heavy atom. The highest BCUT2D eigenvalue weighted by atomic mass is 35.5. The topological polar surface area (TPSA) is 91.8 Å². The summed E-state index contributed by atoms with van der Waals surface area (Å²) in [5.41, 5.74) is 1.46. The third-order valence-corrected chi connectivity index (χ3v) is 8.06. The summed E-state index contributed by atoms with van der Waals surface area (Å²) < 4.78 is 6.28. The number of nitrogens with zero attached hydrogens (tertiary/aromatic N) is 3. The molecule has 1 atom stereocenters. The SMILES string of the molecule is Cc1ccccc1C(=O)N1C(C(=O)NCc2ccccn2)COC12CCN(C(=O)c1ccc(Cl)c(Cl)c1)CC2. The van der Waals surface area contributed by atoms with E-state index >= 15 is 0 Å². The van der Waals surface area contributed by atoms with Gasteiger partial charge in [-0.3, -0.25) is 24.3 Å². The minimum atomic E-state index is -1.01. The fraction of sp³-hybridized carbons (Fsp3) is 0.310. The van der Waals surface area contributed by atoms with Crippen molar-refractivity contribution < 1.29 is 19.1 Å². The quantitative estimate of drug-likeness (QED) is 0.491. The molecule has 2 fully saturated rings. The first-order valence-electron chi connectivity index (χ1n) is 12.7. The highest BCUT2D eigenvalue weighted by molar-refractivity contribution is 6.42. The average Bonchev–Trinajstić information content (AvgIpc) is 3.32. The van der Waals surface area contributed by atoms with E-state index in [4.69, 9.17) is 27.9 Å². The van der Waals surface area contributed by atoms with E-state index in [1.807, 2.05) is 31.2 Å². The first kappa shape index (κ1) is 27.1. The summed E-state index contributed by atoms with van der Waals surface area (Å²) in [5, 5.41) is 3.60. The zero-order valence-electron chi connectivity index (χ0n) is 21.4. The number of ether oxygens (including phenoxy) is 1. The summed E-state index contributed by atoms with van der Waals surface area (Å²) in [6.45, 7) is 2.86. The van der Waals surface area contributed by atoms with E-state index in [9.17, 15) is 14.4 Å². The van der Waals surface area contributed by atoms with Gasteiger partial charge in [0.2, 0.25) is 5.91 Å². The second kappa shape index (κ2) is 11.3. The Hall–Kier alpha value is -3.46. The van der Waals surface area contributed by atoms with Crippen molar-refractivity contribution in [1.29, 1.82) is 0 Å². The van der Waals surface area contributed by atoms with E-state index < -0.39 is 11.8 Å². The van der Waals surface area contributed by atoms with Gasteiger partial charge >= 0.3 is 0 Å². The Morgan fingerprint density at radius 2 is 1.74 bits per heavy atom. The number of aromatic nitrogens is 1. The zero-order chi connectivity index (χ0) is 27.6. The van der Waals surface area contributed by atoms with E-state index in [-0.39, 0.29) is 30.9 Å². The molecule has 3 aromatic rings. The van der Waals surface area contributed by atoms with Crippen LogP contribution >= 0.6 is 23.2 Å². The first-order chi connectivity index (χ1) is 18.8. The molecule has 1 spiro atoms. The van der Waals surface area contributed by atoms with Gasteiger partial charge in [-0.25, -0.2) is 0 Å². The van der Waals surface area contributed by atoms with Gasteiger partial charge in [-0.2, -0.15) is 0 Å². The van der Waals surface area contributed by atoms with E-state index in [0.29, 0.717) is 52.8 Å². The Bertz CT molecular complexity index is 1390. The number of halogens is 2. The minimum Gasteiger partial charge on any atom is -0.353 e. The highest BCUT2D eigenvalue weighted by Gasteiger charge is 2.54. The Labute approximate surface area is 236 Å². The number of hydrogen-bond donors (Lipinski definition) is 1. The molecule has 39 heavy (non-hydrogen) atoms. The van der Waals surface area contributed by atoms with Crippen LogP contribution < -0.4 is 5.32 Å². The van der Waals surface area contributed by atoms with Gasteiger partial charge in [0, 0.05) is 43.3 Å². The molecule has 5 rings (SSSR count). The highest BCUT2D eigenvalue weighted by Crippen LogP contribution is 2.39. The number of rotatable bonds is 5. The number of hydrogen-bond acceptors (Lipinski definition) is 5. The van der Waals surface area contributed by atoms with Crippen LogP contribution in [0.4, 0.5) is 0 Å². The van der Waals surface area contributed by atoms with Crippen LogP contribution in [-0.2, 0) is 16.1 Å². The van der Waals surface area contributed by atoms with Gasteiger partial charge in [0.1, 0.15) is 11.8 Å². The minimum absolute atomic E-state index is 0.0619. The number of carbonyl (C=O) groups is 3. The maximum absolute atomic E-state index is 14.0.